The van der Waals surface area contributed by atoms with Gasteiger partial charge >= 0.3 is 0 Å². The van der Waals surface area contributed by atoms with E-state index in [1.165, 1.54) is 0 Å². The molecule has 2 aromatic rings. The van der Waals surface area contributed by atoms with E-state index >= 15 is 0 Å². The third-order valence-electron chi connectivity index (χ3n) is 3.11. The monoisotopic (exact) mass is 277 g/mol. The Morgan fingerprint density at radius 2 is 2.21 bits per heavy atom. The summed E-state index contributed by atoms with van der Waals surface area (Å²) in [5.74, 6) is 1.45. The van der Waals surface area contributed by atoms with Crippen LogP contribution in [0.3, 0.4) is 0 Å². The number of fused-ring (bicyclic) bond motifs is 1. The number of imidazole rings is 1. The highest BCUT2D eigenvalue weighted by molar-refractivity contribution is 6.31. The molecule has 19 heavy (non-hydrogen) atoms. The van der Waals surface area contributed by atoms with E-state index in [-0.39, 0.29) is 6.04 Å². The highest BCUT2D eigenvalue weighted by Gasteiger charge is 2.17. The van der Waals surface area contributed by atoms with Gasteiger partial charge in [0.2, 0.25) is 0 Å². The second-order valence-corrected chi connectivity index (χ2v) is 5.67. The van der Waals surface area contributed by atoms with Crippen LogP contribution in [0.25, 0.3) is 11.0 Å². The Balaban J connectivity index is 2.52. The minimum atomic E-state index is -0.0638. The molecular weight excluding hydrogens is 258 g/mol. The summed E-state index contributed by atoms with van der Waals surface area (Å²) in [6.07, 6.45) is 2.77. The van der Waals surface area contributed by atoms with Gasteiger partial charge in [0.1, 0.15) is 5.82 Å². The minimum Gasteiger partial charge on any atom is -0.323 e. The van der Waals surface area contributed by atoms with Crippen molar-refractivity contribution in [2.45, 2.75) is 32.9 Å². The van der Waals surface area contributed by atoms with E-state index in [9.17, 15) is 0 Å². The first-order chi connectivity index (χ1) is 9.02. The van der Waals surface area contributed by atoms with Crippen LogP contribution in [0.2, 0.25) is 5.02 Å². The van der Waals surface area contributed by atoms with Gasteiger partial charge in [-0.25, -0.2) is 4.98 Å². The van der Waals surface area contributed by atoms with Crippen molar-refractivity contribution in [1.82, 2.24) is 9.55 Å². The zero-order valence-corrected chi connectivity index (χ0v) is 12.2. The van der Waals surface area contributed by atoms with Gasteiger partial charge in [-0.05, 0) is 30.5 Å². The van der Waals surface area contributed by atoms with Crippen molar-refractivity contribution in [3.8, 4) is 0 Å². The quantitative estimate of drug-likeness (QED) is 0.842. The van der Waals surface area contributed by atoms with Gasteiger partial charge in [-0.3, -0.25) is 0 Å². The fraction of sp³-hybridized carbons (Fsp3) is 0.400. The van der Waals surface area contributed by atoms with Crippen LogP contribution >= 0.6 is 11.6 Å². The number of allylic oxidation sites excluding steroid dienone is 1. The van der Waals surface area contributed by atoms with Crippen LogP contribution in [0.4, 0.5) is 0 Å². The fourth-order valence-electron chi connectivity index (χ4n) is 2.34. The van der Waals surface area contributed by atoms with E-state index in [4.69, 9.17) is 17.3 Å². The average Bonchev–Trinajstić information content (AvgIpc) is 2.67. The van der Waals surface area contributed by atoms with Gasteiger partial charge in [-0.1, -0.05) is 31.5 Å². The molecule has 0 saturated carbocycles. The predicted octanol–water partition coefficient (Wildman–Crippen LogP) is 3.92. The number of aromatic nitrogens is 2. The molecular formula is C15H20ClN3. The number of hydrogen-bond acceptors (Lipinski definition) is 2. The van der Waals surface area contributed by atoms with Crippen LogP contribution in [-0.2, 0) is 6.54 Å². The van der Waals surface area contributed by atoms with E-state index in [0.29, 0.717) is 17.5 Å². The summed E-state index contributed by atoms with van der Waals surface area (Å²) in [6.45, 7) is 8.84. The number of hydrogen-bond donors (Lipinski definition) is 1. The van der Waals surface area contributed by atoms with Gasteiger partial charge in [-0.15, -0.1) is 6.58 Å². The molecule has 0 aliphatic carbocycles. The summed E-state index contributed by atoms with van der Waals surface area (Å²) in [7, 11) is 0. The minimum absolute atomic E-state index is 0.0638. The molecule has 1 atom stereocenters. The molecule has 0 aliphatic rings. The maximum atomic E-state index is 6.28. The third-order valence-corrected chi connectivity index (χ3v) is 3.34. The lowest BCUT2D eigenvalue weighted by molar-refractivity contribution is 0.482. The molecule has 1 unspecified atom stereocenters. The molecule has 102 valence electrons. The summed E-state index contributed by atoms with van der Waals surface area (Å²) < 4.78 is 2.12. The van der Waals surface area contributed by atoms with E-state index in [2.05, 4.69) is 30.0 Å². The Kier molecular flexibility index (Phi) is 4.27. The van der Waals surface area contributed by atoms with Crippen molar-refractivity contribution in [3.63, 3.8) is 0 Å². The first kappa shape index (κ1) is 14.1. The van der Waals surface area contributed by atoms with Gasteiger partial charge < -0.3 is 10.3 Å². The zero-order valence-electron chi connectivity index (χ0n) is 11.4. The predicted molar refractivity (Wildman–Crippen MR) is 81.3 cm³/mol. The molecule has 0 spiro atoms. The van der Waals surface area contributed by atoms with E-state index in [1.807, 2.05) is 24.3 Å². The van der Waals surface area contributed by atoms with Crippen molar-refractivity contribution in [2.24, 2.45) is 11.7 Å². The van der Waals surface area contributed by atoms with Gasteiger partial charge in [0.25, 0.3) is 0 Å². The second kappa shape index (κ2) is 5.76. The third kappa shape index (κ3) is 2.99. The van der Waals surface area contributed by atoms with Crippen LogP contribution in [0.15, 0.2) is 30.9 Å². The Morgan fingerprint density at radius 3 is 2.84 bits per heavy atom. The van der Waals surface area contributed by atoms with Crippen LogP contribution in [0.1, 0.15) is 32.1 Å². The Labute approximate surface area is 119 Å². The first-order valence-corrected chi connectivity index (χ1v) is 6.93. The molecule has 0 bridgehead atoms. The number of nitrogens with zero attached hydrogens (tertiary/aromatic N) is 2. The summed E-state index contributed by atoms with van der Waals surface area (Å²) >= 11 is 6.02. The molecule has 1 aromatic heterocycles. The van der Waals surface area contributed by atoms with Crippen molar-refractivity contribution >= 4 is 22.6 Å². The van der Waals surface area contributed by atoms with Crippen molar-refractivity contribution < 1.29 is 0 Å². The zero-order chi connectivity index (χ0) is 14.0. The first-order valence-electron chi connectivity index (χ1n) is 6.55. The highest BCUT2D eigenvalue weighted by atomic mass is 35.5. The lowest BCUT2D eigenvalue weighted by Crippen LogP contribution is -2.18. The second-order valence-electron chi connectivity index (χ2n) is 5.24. The van der Waals surface area contributed by atoms with Gasteiger partial charge in [0, 0.05) is 11.6 Å². The van der Waals surface area contributed by atoms with Gasteiger partial charge in [-0.2, -0.15) is 0 Å². The molecule has 1 heterocycles. The lowest BCUT2D eigenvalue weighted by Gasteiger charge is -2.15. The molecule has 0 saturated heterocycles. The summed E-state index contributed by atoms with van der Waals surface area (Å²) in [5.41, 5.74) is 8.22. The van der Waals surface area contributed by atoms with Crippen LogP contribution in [0.5, 0.6) is 0 Å². The lowest BCUT2D eigenvalue weighted by atomic mass is 10.0. The Bertz CT molecular complexity index is 586. The molecule has 3 nitrogen and oxygen atoms in total. The van der Waals surface area contributed by atoms with E-state index in [1.54, 1.807) is 0 Å². The average molecular weight is 278 g/mol. The SMILES string of the molecule is C=CCn1c(C(N)CC(C)C)nc2cc(Cl)ccc21. The Morgan fingerprint density at radius 1 is 1.47 bits per heavy atom. The van der Waals surface area contributed by atoms with Crippen molar-refractivity contribution in [1.29, 1.82) is 0 Å². The number of nitrogens with two attached hydrogens (primary N) is 1. The number of halogens is 1. The largest absolute Gasteiger partial charge is 0.323 e. The number of rotatable bonds is 5. The molecule has 2 N–H and O–H groups in total. The molecule has 4 heteroatoms. The van der Waals surface area contributed by atoms with E-state index < -0.39 is 0 Å². The van der Waals surface area contributed by atoms with E-state index in [0.717, 1.165) is 23.3 Å². The standard InChI is InChI=1S/C15H20ClN3/c1-4-7-19-14-6-5-11(16)9-13(14)18-15(19)12(17)8-10(2)3/h4-6,9-10,12H,1,7-8,17H2,2-3H3. The summed E-state index contributed by atoms with van der Waals surface area (Å²) in [6, 6.07) is 5.68. The van der Waals surface area contributed by atoms with Crippen LogP contribution in [-0.4, -0.2) is 9.55 Å². The summed E-state index contributed by atoms with van der Waals surface area (Å²) in [5, 5.41) is 0.694. The van der Waals surface area contributed by atoms with Crippen LogP contribution in [0, 0.1) is 5.92 Å². The molecule has 0 amide bonds. The van der Waals surface area contributed by atoms with Crippen molar-refractivity contribution in [3.05, 3.63) is 41.7 Å². The highest BCUT2D eigenvalue weighted by Crippen LogP contribution is 2.25. The topological polar surface area (TPSA) is 43.8 Å². The number of benzene rings is 1. The maximum absolute atomic E-state index is 6.28. The van der Waals surface area contributed by atoms with Crippen molar-refractivity contribution in [2.75, 3.05) is 0 Å². The fourth-order valence-corrected chi connectivity index (χ4v) is 2.51. The maximum Gasteiger partial charge on any atom is 0.127 e. The smallest absolute Gasteiger partial charge is 0.127 e. The summed E-state index contributed by atoms with van der Waals surface area (Å²) in [4.78, 5) is 4.65. The molecule has 2 rings (SSSR count). The van der Waals surface area contributed by atoms with Gasteiger partial charge in [0.05, 0.1) is 17.1 Å². The molecule has 0 radical (unpaired) electrons. The molecule has 1 aromatic carbocycles. The normalized spacial score (nSPS) is 13.1. The Hall–Kier alpha value is -1.32. The molecule has 0 fully saturated rings. The van der Waals surface area contributed by atoms with Crippen LogP contribution < -0.4 is 5.73 Å². The molecule has 0 aliphatic heterocycles. The van der Waals surface area contributed by atoms with Gasteiger partial charge in [0.15, 0.2) is 0 Å².